The highest BCUT2D eigenvalue weighted by Crippen LogP contribution is 2.28. The molecule has 1 aliphatic heterocycles. The molecule has 5 heteroatoms. The third kappa shape index (κ3) is 1.41. The number of nitrogens with one attached hydrogen (secondary N) is 1. The first kappa shape index (κ1) is 11.2. The van der Waals surface area contributed by atoms with E-state index in [0.29, 0.717) is 16.9 Å². The second-order valence-electron chi connectivity index (χ2n) is 4.77. The summed E-state index contributed by atoms with van der Waals surface area (Å²) in [6.07, 6.45) is -0.362. The van der Waals surface area contributed by atoms with Crippen LogP contribution in [0, 0.1) is 0 Å². The normalized spacial score (nSPS) is 16.4. The van der Waals surface area contributed by atoms with Crippen molar-refractivity contribution < 1.29 is 0 Å². The molecule has 2 heterocycles. The molecule has 3 aromatic rings. The number of hydrogen-bond donors (Lipinski definition) is 2. The minimum atomic E-state index is -0.362. The zero-order valence-corrected chi connectivity index (χ0v) is 10.6. The summed E-state index contributed by atoms with van der Waals surface area (Å²) in [6.45, 7) is 0. The van der Waals surface area contributed by atoms with E-state index in [1.807, 2.05) is 42.5 Å². The Bertz CT molecular complexity index is 884. The van der Waals surface area contributed by atoms with Gasteiger partial charge in [-0.15, -0.1) is 0 Å². The second kappa shape index (κ2) is 3.91. The quantitative estimate of drug-likeness (QED) is 0.649. The summed E-state index contributed by atoms with van der Waals surface area (Å²) in [6, 6.07) is 14.9. The van der Waals surface area contributed by atoms with Crippen LogP contribution in [0.15, 0.2) is 53.3 Å². The van der Waals surface area contributed by atoms with Gasteiger partial charge in [0, 0.05) is 5.56 Å². The molecule has 1 atom stereocenters. The molecule has 0 radical (unpaired) electrons. The largest absolute Gasteiger partial charge is 0.336 e. The van der Waals surface area contributed by atoms with E-state index in [1.54, 1.807) is 10.6 Å². The van der Waals surface area contributed by atoms with Crippen molar-refractivity contribution >= 4 is 16.9 Å². The van der Waals surface area contributed by atoms with Crippen molar-refractivity contribution in [2.24, 2.45) is 5.73 Å². The molecule has 5 nitrogen and oxygen atoms in total. The zero-order valence-electron chi connectivity index (χ0n) is 10.6. The minimum Gasteiger partial charge on any atom is -0.336 e. The first-order valence-corrected chi connectivity index (χ1v) is 6.39. The average molecular weight is 264 g/mol. The maximum Gasteiger partial charge on any atom is 0.267 e. The summed E-state index contributed by atoms with van der Waals surface area (Å²) in [7, 11) is 0. The smallest absolute Gasteiger partial charge is 0.267 e. The maximum absolute atomic E-state index is 12.7. The topological polar surface area (TPSA) is 72.9 Å². The number of hydrogen-bond acceptors (Lipinski definition) is 4. The van der Waals surface area contributed by atoms with Gasteiger partial charge in [0.2, 0.25) is 5.95 Å². The van der Waals surface area contributed by atoms with Crippen LogP contribution in [0.3, 0.4) is 0 Å². The number of para-hydroxylation sites is 2. The summed E-state index contributed by atoms with van der Waals surface area (Å²) in [4.78, 5) is 17.2. The van der Waals surface area contributed by atoms with Crippen LogP contribution in [-0.4, -0.2) is 9.55 Å². The third-order valence-corrected chi connectivity index (χ3v) is 3.57. The van der Waals surface area contributed by atoms with Gasteiger partial charge >= 0.3 is 0 Å². The molecule has 0 bridgehead atoms. The van der Waals surface area contributed by atoms with Gasteiger partial charge in [0.15, 0.2) is 0 Å². The maximum atomic E-state index is 12.7. The summed E-state index contributed by atoms with van der Waals surface area (Å²) in [5, 5.41) is 3.68. The molecule has 2 aromatic carbocycles. The molecule has 0 spiro atoms. The Morgan fingerprint density at radius 1 is 1.10 bits per heavy atom. The van der Waals surface area contributed by atoms with E-state index in [9.17, 15) is 4.79 Å². The van der Waals surface area contributed by atoms with Crippen LogP contribution in [0.2, 0.25) is 0 Å². The second-order valence-corrected chi connectivity index (χ2v) is 4.77. The number of rotatable bonds is 0. The molecule has 0 fully saturated rings. The SMILES string of the molecule is NC1Nc2nc3ccccc3c(=O)n2-c2ccccc21. The number of anilines is 1. The zero-order chi connectivity index (χ0) is 13.7. The number of benzene rings is 2. The van der Waals surface area contributed by atoms with Crippen molar-refractivity contribution in [1.29, 1.82) is 0 Å². The van der Waals surface area contributed by atoms with Crippen LogP contribution in [0.4, 0.5) is 5.95 Å². The van der Waals surface area contributed by atoms with Gasteiger partial charge in [-0.1, -0.05) is 30.3 Å². The van der Waals surface area contributed by atoms with Gasteiger partial charge in [-0.25, -0.2) is 9.55 Å². The summed E-state index contributed by atoms with van der Waals surface area (Å²) in [5.41, 5.74) is 8.35. The average Bonchev–Trinajstić information content (AvgIpc) is 2.47. The molecule has 1 aromatic heterocycles. The molecule has 4 rings (SSSR count). The van der Waals surface area contributed by atoms with Crippen LogP contribution in [0.5, 0.6) is 0 Å². The highest BCUT2D eigenvalue weighted by molar-refractivity contribution is 5.79. The number of fused-ring (bicyclic) bond motifs is 4. The van der Waals surface area contributed by atoms with Crippen LogP contribution in [0.1, 0.15) is 11.7 Å². The Morgan fingerprint density at radius 2 is 1.85 bits per heavy atom. The summed E-state index contributed by atoms with van der Waals surface area (Å²) in [5.74, 6) is 0.486. The van der Waals surface area contributed by atoms with Gasteiger partial charge in [-0.2, -0.15) is 0 Å². The number of aromatic nitrogens is 2. The van der Waals surface area contributed by atoms with Crippen LogP contribution < -0.4 is 16.6 Å². The van der Waals surface area contributed by atoms with Crippen molar-refractivity contribution in [3.63, 3.8) is 0 Å². The molecular weight excluding hydrogens is 252 g/mol. The van der Waals surface area contributed by atoms with E-state index in [0.717, 1.165) is 11.3 Å². The van der Waals surface area contributed by atoms with Crippen molar-refractivity contribution in [3.8, 4) is 5.69 Å². The molecule has 20 heavy (non-hydrogen) atoms. The minimum absolute atomic E-state index is 0.0857. The molecule has 98 valence electrons. The molecule has 0 saturated heterocycles. The number of nitrogens with two attached hydrogens (primary N) is 1. The lowest BCUT2D eigenvalue weighted by Gasteiger charge is -2.27. The molecular formula is C15H12N4O. The van der Waals surface area contributed by atoms with Gasteiger partial charge in [0.05, 0.1) is 16.6 Å². The molecule has 1 unspecified atom stereocenters. The monoisotopic (exact) mass is 264 g/mol. The Hall–Kier alpha value is -2.66. The molecule has 0 saturated carbocycles. The third-order valence-electron chi connectivity index (χ3n) is 3.57. The van der Waals surface area contributed by atoms with E-state index in [2.05, 4.69) is 10.3 Å². The van der Waals surface area contributed by atoms with Gasteiger partial charge in [-0.05, 0) is 18.2 Å². The molecule has 3 N–H and O–H groups in total. The fraction of sp³-hybridized carbons (Fsp3) is 0.0667. The highest BCUT2D eigenvalue weighted by Gasteiger charge is 2.23. The van der Waals surface area contributed by atoms with Crippen molar-refractivity contribution in [2.45, 2.75) is 6.17 Å². The fourth-order valence-corrected chi connectivity index (χ4v) is 2.62. The van der Waals surface area contributed by atoms with Gasteiger partial charge < -0.3 is 11.1 Å². The van der Waals surface area contributed by atoms with E-state index in [1.165, 1.54) is 0 Å². The van der Waals surface area contributed by atoms with Crippen LogP contribution in [0.25, 0.3) is 16.6 Å². The van der Waals surface area contributed by atoms with E-state index < -0.39 is 0 Å². The summed E-state index contributed by atoms with van der Waals surface area (Å²) >= 11 is 0. The van der Waals surface area contributed by atoms with Crippen LogP contribution >= 0.6 is 0 Å². The first-order chi connectivity index (χ1) is 9.75. The van der Waals surface area contributed by atoms with Crippen molar-refractivity contribution in [1.82, 2.24) is 9.55 Å². The lowest BCUT2D eigenvalue weighted by Crippen LogP contribution is -2.34. The first-order valence-electron chi connectivity index (χ1n) is 6.39. The highest BCUT2D eigenvalue weighted by atomic mass is 16.1. The van der Waals surface area contributed by atoms with Crippen molar-refractivity contribution in [2.75, 3.05) is 5.32 Å². The van der Waals surface area contributed by atoms with Gasteiger partial charge in [0.25, 0.3) is 5.56 Å². The predicted molar refractivity (Wildman–Crippen MR) is 77.9 cm³/mol. The van der Waals surface area contributed by atoms with Gasteiger partial charge in [-0.3, -0.25) is 4.79 Å². The Morgan fingerprint density at radius 3 is 2.75 bits per heavy atom. The molecule has 0 amide bonds. The van der Waals surface area contributed by atoms with Gasteiger partial charge in [0.1, 0.15) is 6.17 Å². The Labute approximate surface area is 114 Å². The van der Waals surface area contributed by atoms with E-state index in [-0.39, 0.29) is 11.7 Å². The predicted octanol–water partition coefficient (Wildman–Crippen LogP) is 1.77. The molecule has 1 aliphatic rings. The fourth-order valence-electron chi connectivity index (χ4n) is 2.62. The molecule has 0 aliphatic carbocycles. The number of nitrogens with zero attached hydrogens (tertiary/aromatic N) is 2. The van der Waals surface area contributed by atoms with E-state index >= 15 is 0 Å². The standard InChI is InChI=1S/C15H12N4O/c16-13-10-6-2-4-8-12(10)19-14(20)9-5-1-3-7-11(9)17-15(19)18-13/h1-8,13H,16H2,(H,17,18). The Balaban J connectivity index is 2.16. The van der Waals surface area contributed by atoms with E-state index in [4.69, 9.17) is 5.73 Å². The van der Waals surface area contributed by atoms with Crippen LogP contribution in [-0.2, 0) is 0 Å². The lowest BCUT2D eigenvalue weighted by atomic mass is 10.1. The Kier molecular flexibility index (Phi) is 2.19. The lowest BCUT2D eigenvalue weighted by molar-refractivity contribution is 0.751. The summed E-state index contributed by atoms with van der Waals surface area (Å²) < 4.78 is 1.58. The van der Waals surface area contributed by atoms with Crippen molar-refractivity contribution in [3.05, 3.63) is 64.4 Å².